The van der Waals surface area contributed by atoms with Crippen molar-refractivity contribution in [1.29, 1.82) is 0 Å². The zero-order chi connectivity index (χ0) is 45.1. The Morgan fingerprint density at radius 3 is 1.03 bits per heavy atom. The van der Waals surface area contributed by atoms with E-state index < -0.39 is 6.10 Å². The molecule has 0 aliphatic carbocycles. The maximum absolute atomic E-state index is 12.8. The zero-order valence-corrected chi connectivity index (χ0v) is 41.1. The molecule has 1 unspecified atom stereocenters. The van der Waals surface area contributed by atoms with Gasteiger partial charge < -0.3 is 14.2 Å². The van der Waals surface area contributed by atoms with Crippen LogP contribution < -0.4 is 0 Å². The van der Waals surface area contributed by atoms with Crippen LogP contribution in [-0.4, -0.2) is 37.2 Å². The highest BCUT2D eigenvalue weighted by Crippen LogP contribution is 2.16. The first-order valence-electron chi connectivity index (χ1n) is 26.6. The number of carbonyl (C=O) groups excluding carboxylic acids is 3. The van der Waals surface area contributed by atoms with E-state index in [1.54, 1.807) is 0 Å². The van der Waals surface area contributed by atoms with Crippen LogP contribution in [0.4, 0.5) is 0 Å². The third-order valence-electron chi connectivity index (χ3n) is 11.6. The van der Waals surface area contributed by atoms with Crippen LogP contribution in [0, 0.1) is 0 Å². The second kappa shape index (κ2) is 51.0. The summed E-state index contributed by atoms with van der Waals surface area (Å²) in [5.74, 6) is -0.886. The van der Waals surface area contributed by atoms with Gasteiger partial charge in [0.05, 0.1) is 0 Å². The molecule has 0 amide bonds. The molecule has 0 aromatic heterocycles. The van der Waals surface area contributed by atoms with Crippen molar-refractivity contribution >= 4 is 17.9 Å². The molecular formula is C56H100O6. The largest absolute Gasteiger partial charge is 0.462 e. The summed E-state index contributed by atoms with van der Waals surface area (Å²) < 4.78 is 16.8. The lowest BCUT2D eigenvalue weighted by Gasteiger charge is -2.18. The highest BCUT2D eigenvalue weighted by atomic mass is 16.6. The summed E-state index contributed by atoms with van der Waals surface area (Å²) in [4.78, 5) is 38.0. The first-order chi connectivity index (χ1) is 30.5. The van der Waals surface area contributed by atoms with Crippen molar-refractivity contribution < 1.29 is 28.6 Å². The molecule has 6 nitrogen and oxygen atoms in total. The van der Waals surface area contributed by atoms with Crippen LogP contribution in [0.25, 0.3) is 0 Å². The van der Waals surface area contributed by atoms with E-state index in [2.05, 4.69) is 69.4 Å². The predicted molar refractivity (Wildman–Crippen MR) is 265 cm³/mol. The van der Waals surface area contributed by atoms with Gasteiger partial charge in [0.1, 0.15) is 13.2 Å². The van der Waals surface area contributed by atoms with Gasteiger partial charge in [-0.2, -0.15) is 0 Å². The summed E-state index contributed by atoms with van der Waals surface area (Å²) in [6, 6.07) is 0. The van der Waals surface area contributed by atoms with Crippen LogP contribution in [0.1, 0.15) is 271 Å². The molecule has 0 bridgehead atoms. The highest BCUT2D eigenvalue weighted by molar-refractivity contribution is 5.71. The smallest absolute Gasteiger partial charge is 0.306 e. The molecule has 0 saturated carbocycles. The van der Waals surface area contributed by atoms with Crippen LogP contribution >= 0.6 is 0 Å². The molecule has 0 heterocycles. The summed E-state index contributed by atoms with van der Waals surface area (Å²) in [7, 11) is 0. The summed E-state index contributed by atoms with van der Waals surface area (Å²) in [6.45, 7) is 6.51. The number of hydrogen-bond donors (Lipinski definition) is 0. The van der Waals surface area contributed by atoms with Gasteiger partial charge in [0.15, 0.2) is 6.10 Å². The van der Waals surface area contributed by atoms with Gasteiger partial charge in [0.25, 0.3) is 0 Å². The minimum absolute atomic E-state index is 0.0783. The number of esters is 3. The molecule has 0 aliphatic rings. The Labute approximate surface area is 384 Å². The first kappa shape index (κ1) is 59.4. The molecule has 1 atom stereocenters. The Hall–Kier alpha value is -2.63. The normalized spacial score (nSPS) is 12.4. The van der Waals surface area contributed by atoms with Crippen molar-refractivity contribution in [3.8, 4) is 0 Å². The van der Waals surface area contributed by atoms with Crippen LogP contribution in [0.5, 0.6) is 0 Å². The molecule has 0 aromatic rings. The fourth-order valence-corrected chi connectivity index (χ4v) is 7.57. The summed E-state index contributed by atoms with van der Waals surface area (Å²) in [6.07, 6.45) is 60.9. The Morgan fingerprint density at radius 1 is 0.339 bits per heavy atom. The summed E-state index contributed by atoms with van der Waals surface area (Å²) >= 11 is 0. The number of rotatable bonds is 48. The van der Waals surface area contributed by atoms with Gasteiger partial charge >= 0.3 is 17.9 Å². The van der Waals surface area contributed by atoms with Gasteiger partial charge in [-0.1, -0.05) is 223 Å². The fourth-order valence-electron chi connectivity index (χ4n) is 7.57. The van der Waals surface area contributed by atoms with E-state index in [0.717, 1.165) is 89.9 Å². The fraction of sp³-hybridized carbons (Fsp3) is 0.804. The van der Waals surface area contributed by atoms with E-state index in [0.29, 0.717) is 19.3 Å². The van der Waals surface area contributed by atoms with Gasteiger partial charge in [-0.05, 0) is 77.0 Å². The number of ether oxygens (including phenoxy) is 3. The predicted octanol–water partition coefficient (Wildman–Crippen LogP) is 17.5. The number of allylic oxidation sites excluding steroid dienone is 8. The van der Waals surface area contributed by atoms with Crippen LogP contribution in [-0.2, 0) is 28.6 Å². The summed E-state index contributed by atoms with van der Waals surface area (Å²) in [5, 5.41) is 0. The topological polar surface area (TPSA) is 78.9 Å². The molecule has 360 valence electrons. The van der Waals surface area contributed by atoms with E-state index in [9.17, 15) is 14.4 Å². The number of unbranched alkanes of at least 4 members (excludes halogenated alkanes) is 29. The van der Waals surface area contributed by atoms with E-state index in [1.807, 2.05) is 0 Å². The van der Waals surface area contributed by atoms with Crippen LogP contribution in [0.2, 0.25) is 0 Å². The molecule has 0 saturated heterocycles. The van der Waals surface area contributed by atoms with E-state index >= 15 is 0 Å². The second-order valence-corrected chi connectivity index (χ2v) is 17.8. The molecule has 62 heavy (non-hydrogen) atoms. The van der Waals surface area contributed by atoms with Crippen LogP contribution in [0.3, 0.4) is 0 Å². The van der Waals surface area contributed by atoms with Crippen molar-refractivity contribution in [1.82, 2.24) is 0 Å². The van der Waals surface area contributed by atoms with Crippen molar-refractivity contribution in [2.45, 2.75) is 277 Å². The van der Waals surface area contributed by atoms with Gasteiger partial charge in [-0.25, -0.2) is 0 Å². The maximum atomic E-state index is 12.8. The maximum Gasteiger partial charge on any atom is 0.306 e. The molecule has 0 aromatic carbocycles. The molecule has 0 N–H and O–H groups in total. The monoisotopic (exact) mass is 869 g/mol. The second-order valence-electron chi connectivity index (χ2n) is 17.8. The van der Waals surface area contributed by atoms with Crippen molar-refractivity contribution in [3.63, 3.8) is 0 Å². The van der Waals surface area contributed by atoms with Gasteiger partial charge in [0, 0.05) is 19.3 Å². The SMILES string of the molecule is CC/C=C\C/C=C\C/C=C\CCCCCCCCCC(=O)OCC(COC(=O)CCCCCCC/C=C\CCCCC)OC(=O)CCCCCCCCCCCCCCCCC. The minimum Gasteiger partial charge on any atom is -0.462 e. The third-order valence-corrected chi connectivity index (χ3v) is 11.6. The number of carbonyl (C=O) groups is 3. The van der Waals surface area contributed by atoms with Gasteiger partial charge in [-0.3, -0.25) is 14.4 Å². The number of hydrogen-bond acceptors (Lipinski definition) is 6. The van der Waals surface area contributed by atoms with Crippen molar-refractivity contribution in [2.24, 2.45) is 0 Å². The Morgan fingerprint density at radius 2 is 0.629 bits per heavy atom. The minimum atomic E-state index is -0.777. The highest BCUT2D eigenvalue weighted by Gasteiger charge is 2.19. The molecule has 0 rings (SSSR count). The van der Waals surface area contributed by atoms with Crippen molar-refractivity contribution in [3.05, 3.63) is 48.6 Å². The summed E-state index contributed by atoms with van der Waals surface area (Å²) in [5.41, 5.74) is 0. The van der Waals surface area contributed by atoms with E-state index in [-0.39, 0.29) is 31.1 Å². The van der Waals surface area contributed by atoms with Gasteiger partial charge in [-0.15, -0.1) is 0 Å². The third kappa shape index (κ3) is 48.4. The molecule has 0 spiro atoms. The Bertz CT molecular complexity index is 1090. The molecular weight excluding hydrogens is 769 g/mol. The lowest BCUT2D eigenvalue weighted by Crippen LogP contribution is -2.30. The molecule has 6 heteroatoms. The average Bonchev–Trinajstić information content (AvgIpc) is 3.27. The Balaban J connectivity index is 4.36. The van der Waals surface area contributed by atoms with E-state index in [4.69, 9.17) is 14.2 Å². The lowest BCUT2D eigenvalue weighted by atomic mass is 10.0. The first-order valence-corrected chi connectivity index (χ1v) is 26.6. The molecule has 0 fully saturated rings. The van der Waals surface area contributed by atoms with Crippen molar-refractivity contribution in [2.75, 3.05) is 13.2 Å². The Kier molecular flexibility index (Phi) is 48.8. The standard InChI is InChI=1S/C56H100O6/c1-4-7-10-13-16-19-22-25-27-28-30-31-34-37-40-43-46-49-55(58)61-52-53(51-60-54(57)48-45-42-39-36-33-24-21-18-15-12-9-6-3)62-56(59)50-47-44-41-38-35-32-29-26-23-20-17-14-11-8-5-2/h7,10,16,18-19,21,25,27,53H,4-6,8-9,11-15,17,20,22-24,26,28-52H2,1-3H3/b10-7-,19-16-,21-18-,27-25-. The molecule has 0 aliphatic heterocycles. The van der Waals surface area contributed by atoms with E-state index in [1.165, 1.54) is 141 Å². The average molecular weight is 869 g/mol. The lowest BCUT2D eigenvalue weighted by molar-refractivity contribution is -0.167. The quantitative estimate of drug-likeness (QED) is 0.0262. The van der Waals surface area contributed by atoms with Crippen LogP contribution in [0.15, 0.2) is 48.6 Å². The van der Waals surface area contributed by atoms with Gasteiger partial charge in [0.2, 0.25) is 0 Å². The molecule has 0 radical (unpaired) electrons. The zero-order valence-electron chi connectivity index (χ0n) is 41.1.